The number of rotatable bonds is 7. The van der Waals surface area contributed by atoms with E-state index >= 15 is 0 Å². The first-order valence-electron chi connectivity index (χ1n) is 8.43. The Morgan fingerprint density at radius 2 is 2.00 bits per heavy atom. The Kier molecular flexibility index (Phi) is 5.93. The molecule has 1 atom stereocenters. The van der Waals surface area contributed by atoms with Gasteiger partial charge in [0.2, 0.25) is 0 Å². The van der Waals surface area contributed by atoms with E-state index in [4.69, 9.17) is 0 Å². The average Bonchev–Trinajstić information content (AvgIpc) is 3.15. The quantitative estimate of drug-likeness (QED) is 0.553. The van der Waals surface area contributed by atoms with Gasteiger partial charge in [-0.1, -0.05) is 13.8 Å². The van der Waals surface area contributed by atoms with Crippen LogP contribution in [-0.2, 0) is 11.8 Å². The Bertz CT molecular complexity index is 868. The number of nitrogens with zero attached hydrogens (tertiary/aromatic N) is 5. The van der Waals surface area contributed by atoms with Gasteiger partial charge in [0.15, 0.2) is 0 Å². The van der Waals surface area contributed by atoms with Gasteiger partial charge in [0.05, 0.1) is 28.7 Å². The van der Waals surface area contributed by atoms with Gasteiger partial charge in [0.1, 0.15) is 11.7 Å². The molecule has 1 unspecified atom stereocenters. The zero-order chi connectivity index (χ0) is 20.3. The first kappa shape index (κ1) is 20.1. The molecule has 146 valence electrons. The minimum absolute atomic E-state index is 0.222. The lowest BCUT2D eigenvalue weighted by molar-refractivity contribution is -0.389. The molecule has 0 spiro atoms. The van der Waals surface area contributed by atoms with Crippen molar-refractivity contribution in [2.75, 3.05) is 11.9 Å². The summed E-state index contributed by atoms with van der Waals surface area (Å²) in [5.74, 6) is -0.874. The standard InChI is InChI=1S/C16H23N7O4/c1-9(2)7-17-16(25)14-12(8-18-21(14)5)19-15(24)11(4)22-10(3)6-13(20-22)23(26)27/h6,8-9,11H,7H2,1-5H3,(H,17,25)(H,19,24). The molecule has 27 heavy (non-hydrogen) atoms. The van der Waals surface area contributed by atoms with Crippen LogP contribution in [0.1, 0.15) is 43.0 Å². The van der Waals surface area contributed by atoms with Gasteiger partial charge in [0.25, 0.3) is 11.8 Å². The molecular formula is C16H23N7O4. The van der Waals surface area contributed by atoms with Crippen LogP contribution in [0.3, 0.4) is 0 Å². The Balaban J connectivity index is 2.18. The normalized spacial score (nSPS) is 12.1. The topological polar surface area (TPSA) is 137 Å². The summed E-state index contributed by atoms with van der Waals surface area (Å²) in [6.45, 7) is 7.62. The second-order valence-corrected chi connectivity index (χ2v) is 6.65. The predicted octanol–water partition coefficient (Wildman–Crippen LogP) is 1.42. The van der Waals surface area contributed by atoms with E-state index < -0.39 is 16.9 Å². The van der Waals surface area contributed by atoms with Gasteiger partial charge in [-0.3, -0.25) is 14.3 Å². The van der Waals surface area contributed by atoms with E-state index in [0.29, 0.717) is 12.2 Å². The number of aromatic nitrogens is 4. The number of carbonyl (C=O) groups is 2. The third-order valence-corrected chi connectivity index (χ3v) is 3.93. The number of carbonyl (C=O) groups excluding carboxylic acids is 2. The third-order valence-electron chi connectivity index (χ3n) is 3.93. The summed E-state index contributed by atoms with van der Waals surface area (Å²) in [6, 6.07) is 0.476. The summed E-state index contributed by atoms with van der Waals surface area (Å²) in [7, 11) is 1.60. The summed E-state index contributed by atoms with van der Waals surface area (Å²) in [5, 5.41) is 24.2. The molecule has 0 fully saturated rings. The summed E-state index contributed by atoms with van der Waals surface area (Å²) in [6.07, 6.45) is 1.38. The number of nitro groups is 1. The van der Waals surface area contributed by atoms with Crippen molar-refractivity contribution in [1.82, 2.24) is 24.9 Å². The Hall–Kier alpha value is -3.24. The van der Waals surface area contributed by atoms with E-state index in [9.17, 15) is 19.7 Å². The highest BCUT2D eigenvalue weighted by Gasteiger charge is 2.26. The third kappa shape index (κ3) is 4.49. The van der Waals surface area contributed by atoms with Crippen molar-refractivity contribution in [3.8, 4) is 0 Å². The van der Waals surface area contributed by atoms with Crippen molar-refractivity contribution in [3.63, 3.8) is 0 Å². The number of hydrogen-bond acceptors (Lipinski definition) is 6. The monoisotopic (exact) mass is 377 g/mol. The van der Waals surface area contributed by atoms with Crippen molar-refractivity contribution in [3.05, 3.63) is 33.8 Å². The van der Waals surface area contributed by atoms with Gasteiger partial charge >= 0.3 is 5.82 Å². The molecule has 11 nitrogen and oxygen atoms in total. The molecule has 0 aromatic carbocycles. The van der Waals surface area contributed by atoms with Gasteiger partial charge in [-0.2, -0.15) is 9.78 Å². The van der Waals surface area contributed by atoms with Crippen molar-refractivity contribution in [2.45, 2.75) is 33.7 Å². The zero-order valence-corrected chi connectivity index (χ0v) is 15.9. The Labute approximate surface area is 155 Å². The molecule has 11 heteroatoms. The molecule has 0 saturated carbocycles. The summed E-state index contributed by atoms with van der Waals surface area (Å²) in [4.78, 5) is 35.2. The van der Waals surface area contributed by atoms with Crippen LogP contribution in [0.4, 0.5) is 11.5 Å². The summed E-state index contributed by atoms with van der Waals surface area (Å²) >= 11 is 0. The molecule has 2 heterocycles. The fourth-order valence-electron chi connectivity index (χ4n) is 2.48. The smallest absolute Gasteiger partial charge is 0.358 e. The fraction of sp³-hybridized carbons (Fsp3) is 0.500. The fourth-order valence-corrected chi connectivity index (χ4v) is 2.48. The second kappa shape index (κ2) is 7.98. The van der Waals surface area contributed by atoms with Gasteiger partial charge in [-0.25, -0.2) is 0 Å². The van der Waals surface area contributed by atoms with Crippen LogP contribution < -0.4 is 10.6 Å². The van der Waals surface area contributed by atoms with Gasteiger partial charge in [-0.15, -0.1) is 0 Å². The van der Waals surface area contributed by atoms with Crippen molar-refractivity contribution < 1.29 is 14.5 Å². The van der Waals surface area contributed by atoms with Crippen LogP contribution in [0.15, 0.2) is 12.3 Å². The number of hydrogen-bond donors (Lipinski definition) is 2. The van der Waals surface area contributed by atoms with E-state index in [1.165, 1.54) is 21.6 Å². The maximum atomic E-state index is 12.6. The van der Waals surface area contributed by atoms with E-state index in [1.807, 2.05) is 13.8 Å². The van der Waals surface area contributed by atoms with Gasteiger partial charge < -0.3 is 20.7 Å². The minimum Gasteiger partial charge on any atom is -0.358 e. The lowest BCUT2D eigenvalue weighted by Gasteiger charge is -2.13. The van der Waals surface area contributed by atoms with E-state index in [2.05, 4.69) is 20.8 Å². The number of amides is 2. The summed E-state index contributed by atoms with van der Waals surface area (Å²) < 4.78 is 2.64. The lowest BCUT2D eigenvalue weighted by Crippen LogP contribution is -2.31. The maximum absolute atomic E-state index is 12.6. The molecule has 0 radical (unpaired) electrons. The molecule has 2 N–H and O–H groups in total. The van der Waals surface area contributed by atoms with Crippen LogP contribution >= 0.6 is 0 Å². The second-order valence-electron chi connectivity index (χ2n) is 6.65. The largest absolute Gasteiger partial charge is 0.390 e. The Morgan fingerprint density at radius 3 is 2.56 bits per heavy atom. The zero-order valence-electron chi connectivity index (χ0n) is 15.9. The van der Waals surface area contributed by atoms with Crippen molar-refractivity contribution in [2.24, 2.45) is 13.0 Å². The lowest BCUT2D eigenvalue weighted by atomic mass is 10.2. The van der Waals surface area contributed by atoms with E-state index in [-0.39, 0.29) is 29.0 Å². The molecule has 0 aliphatic rings. The predicted molar refractivity (Wildman–Crippen MR) is 97.3 cm³/mol. The first-order chi connectivity index (χ1) is 12.6. The van der Waals surface area contributed by atoms with E-state index in [1.54, 1.807) is 20.9 Å². The number of anilines is 1. The molecule has 0 bridgehead atoms. The molecule has 0 saturated heterocycles. The summed E-state index contributed by atoms with van der Waals surface area (Å²) in [5.41, 5.74) is 0.958. The molecule has 2 rings (SSSR count). The minimum atomic E-state index is -0.814. The maximum Gasteiger partial charge on any atom is 0.390 e. The molecule has 0 aliphatic heterocycles. The highest BCUT2D eigenvalue weighted by atomic mass is 16.6. The Morgan fingerprint density at radius 1 is 1.33 bits per heavy atom. The van der Waals surface area contributed by atoms with Crippen LogP contribution in [0.5, 0.6) is 0 Å². The SMILES string of the molecule is Cc1cc([N+](=O)[O-])nn1C(C)C(=O)Nc1cnn(C)c1C(=O)NCC(C)C. The highest BCUT2D eigenvalue weighted by Crippen LogP contribution is 2.19. The molecule has 2 aromatic rings. The van der Waals surface area contributed by atoms with Crippen LogP contribution in [0.2, 0.25) is 0 Å². The molecule has 2 aromatic heterocycles. The first-order valence-corrected chi connectivity index (χ1v) is 8.43. The van der Waals surface area contributed by atoms with Gasteiger partial charge in [-0.05, 0) is 24.7 Å². The van der Waals surface area contributed by atoms with Crippen molar-refractivity contribution >= 4 is 23.3 Å². The van der Waals surface area contributed by atoms with Gasteiger partial charge in [0, 0.05) is 13.6 Å². The number of nitrogens with one attached hydrogen (secondary N) is 2. The highest BCUT2D eigenvalue weighted by molar-refractivity contribution is 6.03. The molecule has 0 aliphatic carbocycles. The average molecular weight is 377 g/mol. The molecular weight excluding hydrogens is 354 g/mol. The van der Waals surface area contributed by atoms with Crippen LogP contribution in [-0.4, -0.2) is 42.8 Å². The van der Waals surface area contributed by atoms with Crippen molar-refractivity contribution in [1.29, 1.82) is 0 Å². The van der Waals surface area contributed by atoms with E-state index in [0.717, 1.165) is 0 Å². The number of aryl methyl sites for hydroxylation is 2. The van der Waals surface area contributed by atoms with Crippen LogP contribution in [0.25, 0.3) is 0 Å². The van der Waals surface area contributed by atoms with Crippen LogP contribution in [0, 0.1) is 23.0 Å². The molecule has 2 amide bonds.